The van der Waals surface area contributed by atoms with E-state index in [0.29, 0.717) is 0 Å². The van der Waals surface area contributed by atoms with Gasteiger partial charge in [0.15, 0.2) is 0 Å². The summed E-state index contributed by atoms with van der Waals surface area (Å²) < 4.78 is 4.12. The van der Waals surface area contributed by atoms with E-state index in [2.05, 4.69) is 11.0 Å². The highest BCUT2D eigenvalue weighted by atomic mass is 28.4. The smallest absolute Gasteiger partial charge is 0.384 e. The van der Waals surface area contributed by atoms with E-state index >= 15 is 0 Å². The molecular formula is C4H8O4Si. The van der Waals surface area contributed by atoms with E-state index in [1.165, 1.54) is 0 Å². The minimum absolute atomic E-state index is 0.829. The van der Waals surface area contributed by atoms with Crippen molar-refractivity contribution in [2.45, 2.75) is 0 Å². The molecule has 0 amide bonds. The number of carbonyl (C=O) groups is 1. The van der Waals surface area contributed by atoms with Crippen molar-refractivity contribution < 1.29 is 18.8 Å². The van der Waals surface area contributed by atoms with Crippen LogP contribution in [0.1, 0.15) is 0 Å². The zero-order valence-corrected chi connectivity index (χ0v) is 6.00. The van der Waals surface area contributed by atoms with Crippen LogP contribution in [-0.4, -0.2) is 30.9 Å². The first-order valence-electron chi connectivity index (χ1n) is 2.21. The molecule has 0 saturated carbocycles. The van der Waals surface area contributed by atoms with E-state index in [1.54, 1.807) is 0 Å². The summed E-state index contributed by atoms with van der Waals surface area (Å²) in [7, 11) is -2.97. The number of carbonyl (C=O) groups excluding carboxylic acids is 1. The van der Waals surface area contributed by atoms with Crippen LogP contribution in [0.5, 0.6) is 0 Å². The Labute approximate surface area is 53.8 Å². The molecule has 0 fully saturated rings. The molecule has 0 heterocycles. The largest absolute Gasteiger partial charge is 0.573 e. The molecule has 0 aliphatic carbocycles. The van der Waals surface area contributed by atoms with Crippen LogP contribution in [0.25, 0.3) is 0 Å². The second-order valence-corrected chi connectivity index (χ2v) is 3.50. The summed E-state index contributed by atoms with van der Waals surface area (Å²) in [5.74, 6) is 0. The predicted octanol–water partition coefficient (Wildman–Crippen LogP) is -1.15. The lowest BCUT2D eigenvalue weighted by Gasteiger charge is -2.08. The summed E-state index contributed by atoms with van der Waals surface area (Å²) in [6.07, 6.45) is 0.829. The van der Waals surface area contributed by atoms with Crippen molar-refractivity contribution in [1.29, 1.82) is 0 Å². The summed E-state index contributed by atoms with van der Waals surface area (Å²) in [6, 6.07) is 0. The standard InChI is InChI=1S/C4H8O4Si/c1-3-4(5)9(6,7)8-2/h3,6-7H,1H2,2H3. The molecule has 0 aliphatic rings. The SMILES string of the molecule is C=CC(=O)[Si](O)(O)OC. The molecule has 0 aromatic carbocycles. The van der Waals surface area contributed by atoms with E-state index in [4.69, 9.17) is 9.59 Å². The van der Waals surface area contributed by atoms with Gasteiger partial charge in [0.25, 0.3) is 0 Å². The summed E-state index contributed by atoms with van der Waals surface area (Å²) in [4.78, 5) is 27.7. The lowest BCUT2D eigenvalue weighted by molar-refractivity contribution is -0.113. The van der Waals surface area contributed by atoms with Crippen LogP contribution in [0, 0.1) is 0 Å². The molecule has 0 atom stereocenters. The van der Waals surface area contributed by atoms with E-state index in [-0.39, 0.29) is 0 Å². The lowest BCUT2D eigenvalue weighted by Crippen LogP contribution is -2.46. The van der Waals surface area contributed by atoms with Gasteiger partial charge in [-0.2, -0.15) is 0 Å². The number of hydrogen-bond donors (Lipinski definition) is 2. The fraction of sp³-hybridized carbons (Fsp3) is 0.250. The third-order valence-electron chi connectivity index (χ3n) is 0.791. The van der Waals surface area contributed by atoms with E-state index in [0.717, 1.165) is 13.2 Å². The molecule has 4 nitrogen and oxygen atoms in total. The Morgan fingerprint density at radius 1 is 1.78 bits per heavy atom. The van der Waals surface area contributed by atoms with Crippen molar-refractivity contribution >= 4 is 14.2 Å². The van der Waals surface area contributed by atoms with E-state index < -0.39 is 14.2 Å². The van der Waals surface area contributed by atoms with Crippen molar-refractivity contribution in [3.05, 3.63) is 12.7 Å². The number of hydrogen-bond acceptors (Lipinski definition) is 4. The molecule has 0 radical (unpaired) electrons. The van der Waals surface area contributed by atoms with Crippen LogP contribution in [-0.2, 0) is 9.22 Å². The highest BCUT2D eigenvalue weighted by molar-refractivity contribution is 6.92. The van der Waals surface area contributed by atoms with Crippen molar-refractivity contribution in [1.82, 2.24) is 0 Å². The molecule has 9 heavy (non-hydrogen) atoms. The molecule has 0 saturated heterocycles. The van der Waals surface area contributed by atoms with Gasteiger partial charge in [-0.1, -0.05) is 6.58 Å². The zero-order chi connectivity index (χ0) is 7.49. The Bertz CT molecular complexity index is 131. The highest BCUT2D eigenvalue weighted by Crippen LogP contribution is 1.94. The average Bonchev–Trinajstić information content (AvgIpc) is 1.86. The Morgan fingerprint density at radius 2 is 2.22 bits per heavy atom. The van der Waals surface area contributed by atoms with Crippen LogP contribution < -0.4 is 0 Å². The molecule has 0 bridgehead atoms. The zero-order valence-electron chi connectivity index (χ0n) is 5.00. The molecule has 0 rings (SSSR count). The first kappa shape index (κ1) is 8.51. The van der Waals surface area contributed by atoms with Crippen molar-refractivity contribution in [2.24, 2.45) is 0 Å². The molecule has 0 aromatic rings. The maximum atomic E-state index is 10.4. The minimum Gasteiger partial charge on any atom is -0.384 e. The normalized spacial score (nSPS) is 11.0. The van der Waals surface area contributed by atoms with Crippen LogP contribution in [0.3, 0.4) is 0 Å². The van der Waals surface area contributed by atoms with Crippen LogP contribution in [0.2, 0.25) is 0 Å². The van der Waals surface area contributed by atoms with Gasteiger partial charge in [-0.05, 0) is 6.08 Å². The molecule has 0 aromatic heterocycles. The molecule has 2 N–H and O–H groups in total. The number of rotatable bonds is 3. The van der Waals surface area contributed by atoms with Crippen LogP contribution in [0.15, 0.2) is 12.7 Å². The maximum absolute atomic E-state index is 10.4. The summed E-state index contributed by atoms with van der Waals surface area (Å²) >= 11 is 0. The number of allylic oxidation sites excluding steroid dienone is 1. The molecule has 0 aliphatic heterocycles. The lowest BCUT2D eigenvalue weighted by atomic mass is 10.7. The molecule has 5 heteroatoms. The van der Waals surface area contributed by atoms with Gasteiger partial charge in [-0.25, -0.2) is 0 Å². The van der Waals surface area contributed by atoms with Gasteiger partial charge in [0.1, 0.15) is 0 Å². The third-order valence-corrected chi connectivity index (χ3v) is 2.21. The van der Waals surface area contributed by atoms with Gasteiger partial charge in [-0.3, -0.25) is 4.79 Å². The maximum Gasteiger partial charge on any atom is 0.573 e. The molecular weight excluding hydrogens is 140 g/mol. The van der Waals surface area contributed by atoms with Crippen molar-refractivity contribution in [2.75, 3.05) is 7.11 Å². The fourth-order valence-corrected chi connectivity index (χ4v) is 0.701. The quantitative estimate of drug-likeness (QED) is 0.392. The van der Waals surface area contributed by atoms with Gasteiger partial charge in [-0.15, -0.1) is 0 Å². The Balaban J connectivity index is 4.13. The van der Waals surface area contributed by atoms with Gasteiger partial charge in [0.2, 0.25) is 5.41 Å². The Morgan fingerprint density at radius 3 is 2.33 bits per heavy atom. The predicted molar refractivity (Wildman–Crippen MR) is 32.4 cm³/mol. The van der Waals surface area contributed by atoms with Gasteiger partial charge < -0.3 is 14.0 Å². The van der Waals surface area contributed by atoms with Crippen LogP contribution >= 0.6 is 0 Å². The summed E-state index contributed by atoms with van der Waals surface area (Å²) in [6.45, 7) is 3.06. The van der Waals surface area contributed by atoms with Crippen molar-refractivity contribution in [3.63, 3.8) is 0 Å². The second kappa shape index (κ2) is 2.88. The molecule has 52 valence electrons. The second-order valence-electron chi connectivity index (χ2n) is 1.38. The highest BCUT2D eigenvalue weighted by Gasteiger charge is 2.39. The van der Waals surface area contributed by atoms with Crippen LogP contribution in [0.4, 0.5) is 0 Å². The van der Waals surface area contributed by atoms with E-state index in [1.807, 2.05) is 0 Å². The average molecular weight is 148 g/mol. The Kier molecular flexibility index (Phi) is 2.72. The minimum atomic E-state index is -4.04. The van der Waals surface area contributed by atoms with Crippen molar-refractivity contribution in [3.8, 4) is 0 Å². The first-order valence-corrected chi connectivity index (χ1v) is 4.01. The Hall–Kier alpha value is -0.493. The topological polar surface area (TPSA) is 66.8 Å². The van der Waals surface area contributed by atoms with Gasteiger partial charge in [0.05, 0.1) is 0 Å². The van der Waals surface area contributed by atoms with Gasteiger partial charge in [0, 0.05) is 7.11 Å². The van der Waals surface area contributed by atoms with Gasteiger partial charge >= 0.3 is 8.80 Å². The first-order chi connectivity index (χ1) is 4.04. The summed E-state index contributed by atoms with van der Waals surface area (Å²) in [5.41, 5.74) is 0. The van der Waals surface area contributed by atoms with E-state index in [9.17, 15) is 4.79 Å². The fourth-order valence-electron chi connectivity index (χ4n) is 0.234. The monoisotopic (exact) mass is 148 g/mol. The third kappa shape index (κ3) is 2.06. The molecule has 0 unspecified atom stereocenters. The summed E-state index contributed by atoms with van der Waals surface area (Å²) in [5, 5.41) is -0.843. The molecule has 0 spiro atoms.